The normalized spacial score (nSPS) is 17.8. The van der Waals surface area contributed by atoms with E-state index in [-0.39, 0.29) is 11.7 Å². The van der Waals surface area contributed by atoms with Crippen molar-refractivity contribution in [3.8, 4) is 0 Å². The van der Waals surface area contributed by atoms with Crippen molar-refractivity contribution < 1.29 is 9.53 Å². The number of anilines is 1. The highest BCUT2D eigenvalue weighted by Crippen LogP contribution is 2.27. The van der Waals surface area contributed by atoms with Crippen LogP contribution in [-0.2, 0) is 4.74 Å². The van der Waals surface area contributed by atoms with Gasteiger partial charge in [-0.25, -0.2) is 19.4 Å². The Bertz CT molecular complexity index is 757. The van der Waals surface area contributed by atoms with Gasteiger partial charge in [0.1, 0.15) is 11.6 Å². The summed E-state index contributed by atoms with van der Waals surface area (Å²) in [4.78, 5) is 22.9. The number of hydrogen-bond acceptors (Lipinski definition) is 7. The van der Waals surface area contributed by atoms with Crippen LogP contribution in [0.25, 0.3) is 0 Å². The molecule has 3 heterocycles. The number of ether oxygens (including phenoxy) is 1. The maximum absolute atomic E-state index is 11.5. The third-order valence-electron chi connectivity index (χ3n) is 4.45. The highest BCUT2D eigenvalue weighted by molar-refractivity contribution is 5.86. The molecule has 0 N–H and O–H groups in total. The molecule has 128 valence electrons. The van der Waals surface area contributed by atoms with Gasteiger partial charge in [-0.3, -0.25) is 0 Å². The Kier molecular flexibility index (Phi) is 4.46. The van der Waals surface area contributed by atoms with Crippen molar-refractivity contribution in [2.75, 3.05) is 25.1 Å². The molecule has 0 unspecified atom stereocenters. The summed E-state index contributed by atoms with van der Waals surface area (Å²) < 4.78 is 6.45. The highest BCUT2D eigenvalue weighted by atomic mass is 16.5. The van der Waals surface area contributed by atoms with Crippen molar-refractivity contribution in [1.82, 2.24) is 25.0 Å². The number of aromatic nitrogens is 5. The van der Waals surface area contributed by atoms with Gasteiger partial charge in [0.05, 0.1) is 19.3 Å². The number of aryl methyl sites for hydroxylation is 2. The summed E-state index contributed by atoms with van der Waals surface area (Å²) in [5.41, 5.74) is 2.35. The van der Waals surface area contributed by atoms with Crippen LogP contribution in [0.2, 0.25) is 0 Å². The molecule has 0 saturated carbocycles. The van der Waals surface area contributed by atoms with Crippen LogP contribution in [0.3, 0.4) is 0 Å². The van der Waals surface area contributed by atoms with Gasteiger partial charge in [-0.05, 0) is 33.6 Å². The quantitative estimate of drug-likeness (QED) is 0.790. The molecule has 2 aromatic rings. The third kappa shape index (κ3) is 3.08. The van der Waals surface area contributed by atoms with Gasteiger partial charge in [0.2, 0.25) is 0 Å². The molecule has 1 aliphatic heterocycles. The number of esters is 1. The lowest BCUT2D eigenvalue weighted by molar-refractivity contribution is 0.0594. The minimum Gasteiger partial charge on any atom is -0.464 e. The average Bonchev–Trinajstić information content (AvgIpc) is 3.07. The lowest BCUT2D eigenvalue weighted by Crippen LogP contribution is -2.38. The molecule has 2 aromatic heterocycles. The van der Waals surface area contributed by atoms with Crippen LogP contribution < -0.4 is 4.90 Å². The molecule has 24 heavy (non-hydrogen) atoms. The van der Waals surface area contributed by atoms with Crippen molar-refractivity contribution in [2.45, 2.75) is 39.7 Å². The Hall–Kier alpha value is -2.51. The van der Waals surface area contributed by atoms with Crippen molar-refractivity contribution >= 4 is 11.8 Å². The van der Waals surface area contributed by atoms with Gasteiger partial charge in [0.25, 0.3) is 0 Å². The zero-order valence-electron chi connectivity index (χ0n) is 14.5. The average molecular weight is 330 g/mol. The molecule has 1 atom stereocenters. The fourth-order valence-electron chi connectivity index (χ4n) is 3.07. The summed E-state index contributed by atoms with van der Waals surface area (Å²) in [6.07, 6.45) is 3.67. The van der Waals surface area contributed by atoms with E-state index < -0.39 is 5.97 Å². The van der Waals surface area contributed by atoms with Crippen LogP contribution in [-0.4, -0.2) is 51.1 Å². The van der Waals surface area contributed by atoms with E-state index in [4.69, 9.17) is 0 Å². The number of methoxy groups -OCH3 is 1. The number of carbonyl (C=O) groups excluding carboxylic acids is 1. The van der Waals surface area contributed by atoms with E-state index in [2.05, 4.69) is 36.8 Å². The molecule has 0 bridgehead atoms. The van der Waals surface area contributed by atoms with Crippen LogP contribution in [0.15, 0.2) is 6.20 Å². The molecule has 1 aliphatic rings. The van der Waals surface area contributed by atoms with Crippen molar-refractivity contribution in [2.24, 2.45) is 0 Å². The number of piperidine rings is 1. The molecule has 1 fully saturated rings. The van der Waals surface area contributed by atoms with Gasteiger partial charge in [-0.15, -0.1) is 5.10 Å². The van der Waals surface area contributed by atoms with Gasteiger partial charge in [-0.1, -0.05) is 5.21 Å². The molecular formula is C16H22N6O2. The number of nitrogens with zero attached hydrogens (tertiary/aromatic N) is 6. The first-order valence-electron chi connectivity index (χ1n) is 8.06. The van der Waals surface area contributed by atoms with Crippen molar-refractivity contribution in [3.63, 3.8) is 0 Å². The molecule has 8 nitrogen and oxygen atoms in total. The summed E-state index contributed by atoms with van der Waals surface area (Å²) in [5, 5.41) is 8.00. The van der Waals surface area contributed by atoms with Crippen LogP contribution in [0, 0.1) is 20.8 Å². The predicted octanol–water partition coefficient (Wildman–Crippen LogP) is 1.62. The highest BCUT2D eigenvalue weighted by Gasteiger charge is 2.26. The monoisotopic (exact) mass is 330 g/mol. The summed E-state index contributed by atoms with van der Waals surface area (Å²) in [7, 11) is 1.34. The molecule has 8 heteroatoms. The van der Waals surface area contributed by atoms with E-state index in [0.29, 0.717) is 0 Å². The zero-order valence-corrected chi connectivity index (χ0v) is 14.5. The molecule has 0 amide bonds. The summed E-state index contributed by atoms with van der Waals surface area (Å²) in [6, 6.07) is 0.152. The summed E-state index contributed by atoms with van der Waals surface area (Å²) in [5.74, 6) is 1.30. The Morgan fingerprint density at radius 1 is 1.29 bits per heavy atom. The summed E-state index contributed by atoms with van der Waals surface area (Å²) in [6.45, 7) is 7.71. The maximum atomic E-state index is 11.5. The Labute approximate surface area is 140 Å². The van der Waals surface area contributed by atoms with Crippen LogP contribution in [0.4, 0.5) is 5.82 Å². The second-order valence-electron chi connectivity index (χ2n) is 6.12. The van der Waals surface area contributed by atoms with Crippen molar-refractivity contribution in [1.29, 1.82) is 0 Å². The maximum Gasteiger partial charge on any atom is 0.360 e. The van der Waals surface area contributed by atoms with E-state index in [0.717, 1.165) is 48.8 Å². The Morgan fingerprint density at radius 3 is 2.83 bits per heavy atom. The van der Waals surface area contributed by atoms with Crippen LogP contribution in [0.1, 0.15) is 46.5 Å². The molecule has 0 radical (unpaired) electrons. The topological polar surface area (TPSA) is 86.0 Å². The minimum absolute atomic E-state index is 0.152. The minimum atomic E-state index is -0.466. The van der Waals surface area contributed by atoms with E-state index in [1.165, 1.54) is 7.11 Å². The molecule has 0 aromatic carbocycles. The molecule has 3 rings (SSSR count). The molecule has 1 saturated heterocycles. The van der Waals surface area contributed by atoms with E-state index in [9.17, 15) is 4.79 Å². The first-order chi connectivity index (χ1) is 11.5. The van der Waals surface area contributed by atoms with E-state index in [1.807, 2.05) is 13.8 Å². The SMILES string of the molecule is COC(=O)c1cn([C@H]2CCCN(c3nc(C)nc(C)c3C)C2)nn1. The second-order valence-corrected chi connectivity index (χ2v) is 6.12. The predicted molar refractivity (Wildman–Crippen MR) is 88.1 cm³/mol. The first kappa shape index (κ1) is 16.4. The van der Waals surface area contributed by atoms with Crippen molar-refractivity contribution in [3.05, 3.63) is 29.0 Å². The van der Waals surface area contributed by atoms with Gasteiger partial charge in [0, 0.05) is 24.3 Å². The zero-order chi connectivity index (χ0) is 17.3. The number of carbonyl (C=O) groups is 1. The molecule has 0 spiro atoms. The fourth-order valence-corrected chi connectivity index (χ4v) is 3.07. The second kappa shape index (κ2) is 6.54. The van der Waals surface area contributed by atoms with Gasteiger partial charge < -0.3 is 9.64 Å². The Balaban J connectivity index is 1.82. The van der Waals surface area contributed by atoms with Gasteiger partial charge >= 0.3 is 5.97 Å². The number of rotatable bonds is 3. The Morgan fingerprint density at radius 2 is 2.08 bits per heavy atom. The van der Waals surface area contributed by atoms with Gasteiger partial charge in [0.15, 0.2) is 5.69 Å². The summed E-state index contributed by atoms with van der Waals surface area (Å²) >= 11 is 0. The fraction of sp³-hybridized carbons (Fsp3) is 0.562. The molecule has 0 aliphatic carbocycles. The lowest BCUT2D eigenvalue weighted by atomic mass is 10.1. The van der Waals surface area contributed by atoms with Crippen LogP contribution in [0.5, 0.6) is 0 Å². The first-order valence-corrected chi connectivity index (χ1v) is 8.06. The van der Waals surface area contributed by atoms with Gasteiger partial charge in [-0.2, -0.15) is 0 Å². The lowest BCUT2D eigenvalue weighted by Gasteiger charge is -2.34. The molecular weight excluding hydrogens is 308 g/mol. The number of hydrogen-bond donors (Lipinski definition) is 0. The smallest absolute Gasteiger partial charge is 0.360 e. The largest absolute Gasteiger partial charge is 0.464 e. The van der Waals surface area contributed by atoms with Crippen LogP contribution >= 0.6 is 0 Å². The van der Waals surface area contributed by atoms with E-state index in [1.54, 1.807) is 10.9 Å². The standard InChI is InChI=1S/C16H22N6O2/c1-10-11(2)17-12(3)18-15(10)21-7-5-6-13(8-21)22-9-14(19-20-22)16(23)24-4/h9,13H,5-8H2,1-4H3/t13-/m0/s1. The van der Waals surface area contributed by atoms with E-state index >= 15 is 0 Å². The third-order valence-corrected chi connectivity index (χ3v) is 4.45.